The fraction of sp³-hybridized carbons (Fsp3) is 0.538. The highest BCUT2D eigenvalue weighted by molar-refractivity contribution is 5.43. The third-order valence-electron chi connectivity index (χ3n) is 3.61. The first-order valence-electron chi connectivity index (χ1n) is 6.74. The van der Waals surface area contributed by atoms with E-state index >= 15 is 0 Å². The smallest absolute Gasteiger partial charge is 0.290 e. The van der Waals surface area contributed by atoms with Crippen LogP contribution in [0.5, 0.6) is 0 Å². The van der Waals surface area contributed by atoms with Crippen molar-refractivity contribution < 1.29 is 23.2 Å². The molecule has 122 valence electrons. The number of nitrogens with zero attached hydrogens (tertiary/aromatic N) is 2. The SMILES string of the molecule is O=[N+]([O-])c1cc(F)ccc1[C@H](N1CCNCC1)C(F)(F)CO. The number of rotatable bonds is 5. The fourth-order valence-electron chi connectivity index (χ4n) is 2.62. The van der Waals surface area contributed by atoms with E-state index in [-0.39, 0.29) is 18.7 Å². The van der Waals surface area contributed by atoms with E-state index < -0.39 is 35.0 Å². The molecule has 22 heavy (non-hydrogen) atoms. The van der Waals surface area contributed by atoms with Crippen LogP contribution in [0.1, 0.15) is 11.6 Å². The lowest BCUT2D eigenvalue weighted by molar-refractivity contribution is -0.386. The Morgan fingerprint density at radius 3 is 2.59 bits per heavy atom. The van der Waals surface area contributed by atoms with Crippen LogP contribution in [-0.4, -0.2) is 53.6 Å². The molecule has 1 aromatic carbocycles. The number of piperazine rings is 1. The normalized spacial score (nSPS) is 18.2. The summed E-state index contributed by atoms with van der Waals surface area (Å²) < 4.78 is 41.6. The fourth-order valence-corrected chi connectivity index (χ4v) is 2.62. The van der Waals surface area contributed by atoms with Crippen molar-refractivity contribution in [1.29, 1.82) is 0 Å². The maximum absolute atomic E-state index is 14.2. The molecule has 1 aromatic rings. The van der Waals surface area contributed by atoms with Crippen LogP contribution in [0.25, 0.3) is 0 Å². The van der Waals surface area contributed by atoms with Crippen molar-refractivity contribution in [2.75, 3.05) is 32.8 Å². The number of alkyl halides is 2. The van der Waals surface area contributed by atoms with E-state index in [2.05, 4.69) is 5.32 Å². The summed E-state index contributed by atoms with van der Waals surface area (Å²) >= 11 is 0. The molecule has 2 rings (SSSR count). The topological polar surface area (TPSA) is 78.6 Å². The zero-order chi connectivity index (χ0) is 16.3. The lowest BCUT2D eigenvalue weighted by Crippen LogP contribution is -2.51. The van der Waals surface area contributed by atoms with Crippen LogP contribution in [0.3, 0.4) is 0 Å². The van der Waals surface area contributed by atoms with Crippen LogP contribution in [0.4, 0.5) is 18.9 Å². The van der Waals surface area contributed by atoms with Crippen molar-refractivity contribution in [3.63, 3.8) is 0 Å². The van der Waals surface area contributed by atoms with E-state index in [1.165, 1.54) is 4.90 Å². The minimum Gasteiger partial charge on any atom is -0.390 e. The van der Waals surface area contributed by atoms with Gasteiger partial charge >= 0.3 is 0 Å². The van der Waals surface area contributed by atoms with Crippen molar-refractivity contribution in [3.8, 4) is 0 Å². The van der Waals surface area contributed by atoms with Crippen molar-refractivity contribution in [3.05, 3.63) is 39.7 Å². The van der Waals surface area contributed by atoms with Gasteiger partial charge in [-0.05, 0) is 12.1 Å². The number of benzene rings is 1. The molecule has 0 aromatic heterocycles. The molecule has 1 atom stereocenters. The van der Waals surface area contributed by atoms with Gasteiger partial charge in [0.25, 0.3) is 11.6 Å². The van der Waals surface area contributed by atoms with Crippen molar-refractivity contribution in [1.82, 2.24) is 10.2 Å². The first kappa shape index (κ1) is 16.7. The van der Waals surface area contributed by atoms with Gasteiger partial charge in [0.15, 0.2) is 0 Å². The monoisotopic (exact) mass is 319 g/mol. The Labute approximate surface area is 124 Å². The Bertz CT molecular complexity index is 551. The minimum atomic E-state index is -3.58. The lowest BCUT2D eigenvalue weighted by atomic mass is 9.96. The molecule has 1 aliphatic rings. The summed E-state index contributed by atoms with van der Waals surface area (Å²) in [6.07, 6.45) is 0. The molecular formula is C13H16F3N3O3. The molecule has 9 heteroatoms. The molecule has 0 aliphatic carbocycles. The molecule has 6 nitrogen and oxygen atoms in total. The summed E-state index contributed by atoms with van der Waals surface area (Å²) in [6, 6.07) is 0.841. The van der Waals surface area contributed by atoms with E-state index in [1.54, 1.807) is 0 Å². The van der Waals surface area contributed by atoms with Gasteiger partial charge in [-0.25, -0.2) is 13.2 Å². The Hall–Kier alpha value is -1.71. The zero-order valence-corrected chi connectivity index (χ0v) is 11.6. The first-order chi connectivity index (χ1) is 10.4. The second-order valence-corrected chi connectivity index (χ2v) is 5.07. The predicted octanol–water partition coefficient (Wildman–Crippen LogP) is 1.31. The Kier molecular flexibility index (Phi) is 4.99. The molecule has 1 heterocycles. The molecular weight excluding hydrogens is 303 g/mol. The summed E-state index contributed by atoms with van der Waals surface area (Å²) in [4.78, 5) is 11.6. The number of nitrogens with one attached hydrogen (secondary N) is 1. The van der Waals surface area contributed by atoms with Crippen LogP contribution in [0.2, 0.25) is 0 Å². The molecule has 0 bridgehead atoms. The second-order valence-electron chi connectivity index (χ2n) is 5.07. The van der Waals surface area contributed by atoms with E-state index in [0.717, 1.165) is 12.1 Å². The third-order valence-corrected chi connectivity index (χ3v) is 3.61. The number of halogens is 3. The van der Waals surface area contributed by atoms with Gasteiger partial charge in [0.2, 0.25) is 0 Å². The number of aliphatic hydroxyl groups excluding tert-OH is 1. The first-order valence-corrected chi connectivity index (χ1v) is 6.74. The maximum Gasteiger partial charge on any atom is 0.290 e. The highest BCUT2D eigenvalue weighted by atomic mass is 19.3. The van der Waals surface area contributed by atoms with Crippen LogP contribution >= 0.6 is 0 Å². The number of nitro benzene ring substituents is 1. The molecule has 2 N–H and O–H groups in total. The van der Waals surface area contributed by atoms with Crippen LogP contribution in [-0.2, 0) is 0 Å². The maximum atomic E-state index is 14.2. The third kappa shape index (κ3) is 3.37. The van der Waals surface area contributed by atoms with Gasteiger partial charge in [0.1, 0.15) is 18.5 Å². The zero-order valence-electron chi connectivity index (χ0n) is 11.6. The molecule has 0 unspecified atom stereocenters. The molecule has 0 saturated carbocycles. The van der Waals surface area contributed by atoms with Gasteiger partial charge in [-0.3, -0.25) is 15.0 Å². The Morgan fingerprint density at radius 2 is 2.05 bits per heavy atom. The predicted molar refractivity (Wildman–Crippen MR) is 72.3 cm³/mol. The van der Waals surface area contributed by atoms with E-state index in [4.69, 9.17) is 5.11 Å². The second kappa shape index (κ2) is 6.59. The highest BCUT2D eigenvalue weighted by Gasteiger charge is 2.46. The molecule has 0 amide bonds. The molecule has 1 aliphatic heterocycles. The van der Waals surface area contributed by atoms with E-state index in [9.17, 15) is 23.3 Å². The van der Waals surface area contributed by atoms with E-state index in [0.29, 0.717) is 19.2 Å². The molecule has 1 saturated heterocycles. The average Bonchev–Trinajstić information content (AvgIpc) is 2.49. The number of aliphatic hydroxyl groups is 1. The van der Waals surface area contributed by atoms with Gasteiger partial charge in [0.05, 0.1) is 16.6 Å². The van der Waals surface area contributed by atoms with Crippen molar-refractivity contribution >= 4 is 5.69 Å². The van der Waals surface area contributed by atoms with Crippen molar-refractivity contribution in [2.45, 2.75) is 12.0 Å². The minimum absolute atomic E-state index is 0.245. The summed E-state index contributed by atoms with van der Waals surface area (Å²) in [5.74, 6) is -4.46. The van der Waals surface area contributed by atoms with Gasteiger partial charge in [-0.2, -0.15) is 0 Å². The van der Waals surface area contributed by atoms with E-state index in [1.807, 2.05) is 0 Å². The summed E-state index contributed by atoms with van der Waals surface area (Å²) in [5, 5.41) is 23.1. The summed E-state index contributed by atoms with van der Waals surface area (Å²) in [7, 11) is 0. The van der Waals surface area contributed by atoms with Crippen LogP contribution in [0, 0.1) is 15.9 Å². The molecule has 1 fully saturated rings. The molecule has 0 radical (unpaired) electrons. The molecule has 0 spiro atoms. The van der Waals surface area contributed by atoms with Crippen LogP contribution < -0.4 is 5.32 Å². The lowest BCUT2D eigenvalue weighted by Gasteiger charge is -2.38. The van der Waals surface area contributed by atoms with Gasteiger partial charge in [-0.15, -0.1) is 0 Å². The highest BCUT2D eigenvalue weighted by Crippen LogP contribution is 2.40. The van der Waals surface area contributed by atoms with Gasteiger partial charge in [0, 0.05) is 26.2 Å². The largest absolute Gasteiger partial charge is 0.390 e. The number of nitro groups is 1. The summed E-state index contributed by atoms with van der Waals surface area (Å²) in [6.45, 7) is -0.0559. The van der Waals surface area contributed by atoms with Gasteiger partial charge in [-0.1, -0.05) is 0 Å². The average molecular weight is 319 g/mol. The standard InChI is InChI=1S/C13H16F3N3O3/c14-9-1-2-10(11(7-9)19(21)22)12(13(15,16)8-20)18-5-3-17-4-6-18/h1-2,7,12,17,20H,3-6,8H2/t12-/m0/s1. The Balaban J connectivity index is 2.51. The summed E-state index contributed by atoms with van der Waals surface area (Å²) in [5.41, 5.74) is -1.01. The number of hydrogen-bond donors (Lipinski definition) is 2. The van der Waals surface area contributed by atoms with Crippen molar-refractivity contribution in [2.24, 2.45) is 0 Å². The van der Waals surface area contributed by atoms with Crippen LogP contribution in [0.15, 0.2) is 18.2 Å². The number of hydrogen-bond acceptors (Lipinski definition) is 5. The Morgan fingerprint density at radius 1 is 1.41 bits per heavy atom. The quantitative estimate of drug-likeness (QED) is 0.632. The van der Waals surface area contributed by atoms with Gasteiger partial charge < -0.3 is 10.4 Å².